The lowest BCUT2D eigenvalue weighted by Crippen LogP contribution is -2.11. The Balaban J connectivity index is 1.03. The van der Waals surface area contributed by atoms with E-state index in [0.29, 0.717) is 0 Å². The Hall–Kier alpha value is -7.46. The van der Waals surface area contributed by atoms with Gasteiger partial charge in [0.25, 0.3) is 0 Å². The lowest BCUT2D eigenvalue weighted by Gasteiger charge is -2.28. The summed E-state index contributed by atoms with van der Waals surface area (Å²) in [5.74, 6) is 0. The number of hydrogen-bond acceptors (Lipinski definition) is 3. The Morgan fingerprint density at radius 3 is 1.92 bits per heavy atom. The summed E-state index contributed by atoms with van der Waals surface area (Å²) in [6, 6.07) is 77.0. The molecule has 0 aliphatic rings. The lowest BCUT2D eigenvalue weighted by atomic mass is 9.95. The van der Waals surface area contributed by atoms with Crippen LogP contribution in [-0.4, -0.2) is 0 Å². The van der Waals surface area contributed by atoms with Gasteiger partial charge >= 0.3 is 0 Å². The van der Waals surface area contributed by atoms with Crippen molar-refractivity contribution in [3.05, 3.63) is 212 Å². The van der Waals surface area contributed by atoms with Crippen molar-refractivity contribution in [2.45, 2.75) is 0 Å². The summed E-state index contributed by atoms with van der Waals surface area (Å²) in [6.07, 6.45) is 0. The number of para-hydroxylation sites is 1. The number of anilines is 3. The van der Waals surface area contributed by atoms with E-state index in [1.54, 1.807) is 0 Å². The zero-order valence-corrected chi connectivity index (χ0v) is 32.8. The van der Waals surface area contributed by atoms with Crippen LogP contribution in [0.1, 0.15) is 0 Å². The van der Waals surface area contributed by atoms with E-state index in [1.807, 2.05) is 11.3 Å². The largest absolute Gasteiger partial charge is 0.455 e. The molecular formula is C56H35NOS. The van der Waals surface area contributed by atoms with Crippen molar-refractivity contribution in [2.24, 2.45) is 0 Å². The molecule has 0 atom stereocenters. The minimum absolute atomic E-state index is 0.883. The van der Waals surface area contributed by atoms with E-state index in [1.165, 1.54) is 58.6 Å². The van der Waals surface area contributed by atoms with Crippen LogP contribution in [0.5, 0.6) is 0 Å². The molecule has 59 heavy (non-hydrogen) atoms. The molecule has 276 valence electrons. The quantitative estimate of drug-likeness (QED) is 0.167. The van der Waals surface area contributed by atoms with Gasteiger partial charge in [-0.2, -0.15) is 0 Å². The monoisotopic (exact) mass is 769 g/mol. The molecule has 3 heteroatoms. The number of rotatable bonds is 6. The van der Waals surface area contributed by atoms with Crippen LogP contribution < -0.4 is 4.90 Å². The Morgan fingerprint density at radius 2 is 1.00 bits per heavy atom. The second kappa shape index (κ2) is 13.6. The standard InChI is InChI=1S/C56H35NOS/c1-2-13-39-33-41(24-23-36(39)11-1)40-14-9-15-44(34-40)57(43-29-25-37(26-30-43)42-28-31-48-47-18-6-8-22-53(47)59-54(48)35-42)51-20-7-5-17-46(51)49-19-10-21-52-55(49)50-32-27-38-12-3-4-16-45(38)56(50)58-52/h1-35H. The predicted octanol–water partition coefficient (Wildman–Crippen LogP) is 16.7. The molecule has 2 aromatic heterocycles. The maximum Gasteiger partial charge on any atom is 0.143 e. The van der Waals surface area contributed by atoms with Crippen LogP contribution >= 0.6 is 11.3 Å². The van der Waals surface area contributed by atoms with E-state index in [9.17, 15) is 0 Å². The van der Waals surface area contributed by atoms with Crippen LogP contribution in [0.25, 0.3) is 97.0 Å². The fourth-order valence-electron chi connectivity index (χ4n) is 9.00. The molecule has 0 spiro atoms. The third-order valence-corrected chi connectivity index (χ3v) is 13.0. The maximum absolute atomic E-state index is 6.68. The lowest BCUT2D eigenvalue weighted by molar-refractivity contribution is 0.673. The highest BCUT2D eigenvalue weighted by atomic mass is 32.1. The summed E-state index contributed by atoms with van der Waals surface area (Å²) in [7, 11) is 0. The van der Waals surface area contributed by atoms with E-state index >= 15 is 0 Å². The van der Waals surface area contributed by atoms with Crippen molar-refractivity contribution in [1.82, 2.24) is 0 Å². The van der Waals surface area contributed by atoms with Crippen LogP contribution in [0.4, 0.5) is 17.1 Å². The van der Waals surface area contributed by atoms with Gasteiger partial charge in [-0.1, -0.05) is 152 Å². The minimum Gasteiger partial charge on any atom is -0.455 e. The first kappa shape index (κ1) is 33.7. The number of hydrogen-bond donors (Lipinski definition) is 0. The van der Waals surface area contributed by atoms with Crippen LogP contribution in [-0.2, 0) is 0 Å². The van der Waals surface area contributed by atoms with Crippen molar-refractivity contribution >= 4 is 92.1 Å². The highest BCUT2D eigenvalue weighted by Crippen LogP contribution is 2.46. The fraction of sp³-hybridized carbons (Fsp3) is 0. The van der Waals surface area contributed by atoms with E-state index in [0.717, 1.165) is 55.5 Å². The molecule has 0 aliphatic carbocycles. The normalized spacial score (nSPS) is 11.7. The zero-order valence-electron chi connectivity index (χ0n) is 32.0. The van der Waals surface area contributed by atoms with Crippen LogP contribution in [0, 0.1) is 0 Å². The molecule has 0 aliphatic heterocycles. The van der Waals surface area contributed by atoms with Crippen LogP contribution in [0.15, 0.2) is 217 Å². The summed E-state index contributed by atoms with van der Waals surface area (Å²) >= 11 is 1.86. The first-order chi connectivity index (χ1) is 29.2. The third kappa shape index (κ3) is 5.62. The molecule has 0 bridgehead atoms. The van der Waals surface area contributed by atoms with E-state index in [-0.39, 0.29) is 0 Å². The van der Waals surface area contributed by atoms with E-state index < -0.39 is 0 Å². The van der Waals surface area contributed by atoms with Crippen molar-refractivity contribution < 1.29 is 4.42 Å². The Kier molecular flexibility index (Phi) is 7.75. The highest BCUT2D eigenvalue weighted by Gasteiger charge is 2.21. The van der Waals surface area contributed by atoms with Gasteiger partial charge < -0.3 is 9.32 Å². The summed E-state index contributed by atoms with van der Waals surface area (Å²) in [5.41, 5.74) is 12.1. The number of furan rings is 1. The third-order valence-electron chi connectivity index (χ3n) is 11.8. The summed E-state index contributed by atoms with van der Waals surface area (Å²) in [6.45, 7) is 0. The number of fused-ring (bicyclic) bond motifs is 9. The molecule has 2 heterocycles. The second-order valence-electron chi connectivity index (χ2n) is 15.3. The van der Waals surface area contributed by atoms with Gasteiger partial charge in [-0.05, 0) is 105 Å². The van der Waals surface area contributed by atoms with Gasteiger partial charge in [-0.25, -0.2) is 0 Å². The molecule has 0 amide bonds. The SMILES string of the molecule is c1cc(-c2ccc3ccccc3c2)cc(N(c2ccc(-c3ccc4c(c3)sc3ccccc34)cc2)c2ccccc2-c2cccc3oc4c5ccccc5ccc4c23)c1. The van der Waals surface area contributed by atoms with E-state index in [2.05, 4.69) is 217 Å². The topological polar surface area (TPSA) is 16.4 Å². The Labute approximate surface area is 345 Å². The van der Waals surface area contributed by atoms with Crippen LogP contribution in [0.3, 0.4) is 0 Å². The molecule has 0 saturated carbocycles. The van der Waals surface area contributed by atoms with Gasteiger partial charge in [0.1, 0.15) is 11.2 Å². The molecule has 0 N–H and O–H groups in total. The second-order valence-corrected chi connectivity index (χ2v) is 16.3. The van der Waals surface area contributed by atoms with Gasteiger partial charge in [0, 0.05) is 53.3 Å². The smallest absolute Gasteiger partial charge is 0.143 e. The number of nitrogens with zero attached hydrogens (tertiary/aromatic N) is 1. The van der Waals surface area contributed by atoms with E-state index in [4.69, 9.17) is 4.42 Å². The van der Waals surface area contributed by atoms with Gasteiger partial charge in [-0.3, -0.25) is 0 Å². The van der Waals surface area contributed by atoms with Crippen molar-refractivity contribution in [3.8, 4) is 33.4 Å². The van der Waals surface area contributed by atoms with Gasteiger partial charge in [-0.15, -0.1) is 11.3 Å². The van der Waals surface area contributed by atoms with Crippen molar-refractivity contribution in [3.63, 3.8) is 0 Å². The molecule has 0 fully saturated rings. The predicted molar refractivity (Wildman–Crippen MR) is 253 cm³/mol. The molecule has 0 saturated heterocycles. The number of thiophene rings is 1. The molecule has 2 nitrogen and oxygen atoms in total. The molecule has 0 radical (unpaired) electrons. The first-order valence-electron chi connectivity index (χ1n) is 20.1. The van der Waals surface area contributed by atoms with Gasteiger partial charge in [0.2, 0.25) is 0 Å². The fourth-order valence-corrected chi connectivity index (χ4v) is 10.1. The van der Waals surface area contributed by atoms with Gasteiger partial charge in [0.15, 0.2) is 0 Å². The molecule has 12 rings (SSSR count). The molecule has 0 unspecified atom stereocenters. The first-order valence-corrected chi connectivity index (χ1v) is 20.9. The summed E-state index contributed by atoms with van der Waals surface area (Å²) in [5, 5.41) is 9.64. The Morgan fingerprint density at radius 1 is 0.356 bits per heavy atom. The van der Waals surface area contributed by atoms with Crippen molar-refractivity contribution in [2.75, 3.05) is 4.90 Å². The average molecular weight is 770 g/mol. The van der Waals surface area contributed by atoms with Crippen molar-refractivity contribution in [1.29, 1.82) is 0 Å². The summed E-state index contributed by atoms with van der Waals surface area (Å²) in [4.78, 5) is 2.41. The average Bonchev–Trinajstić information content (AvgIpc) is 3.88. The maximum atomic E-state index is 6.68. The molecule has 10 aromatic carbocycles. The summed E-state index contributed by atoms with van der Waals surface area (Å²) < 4.78 is 9.31. The highest BCUT2D eigenvalue weighted by molar-refractivity contribution is 7.25. The molecule has 12 aromatic rings. The Bertz CT molecular complexity index is 3570. The zero-order chi connectivity index (χ0) is 38.9. The minimum atomic E-state index is 0.883. The van der Waals surface area contributed by atoms with Gasteiger partial charge in [0.05, 0.1) is 5.69 Å². The van der Waals surface area contributed by atoms with Crippen LogP contribution in [0.2, 0.25) is 0 Å². The number of benzene rings is 10. The molecular weight excluding hydrogens is 735 g/mol.